The van der Waals surface area contributed by atoms with Crippen LogP contribution in [-0.4, -0.2) is 50.1 Å². The molecule has 164 valence electrons. The van der Waals surface area contributed by atoms with E-state index < -0.39 is 11.9 Å². The third-order valence-electron chi connectivity index (χ3n) is 5.66. The first kappa shape index (κ1) is 22.5. The number of nitrogens with zero attached hydrogens (tertiary/aromatic N) is 1. The van der Waals surface area contributed by atoms with E-state index in [-0.39, 0.29) is 23.0 Å². The number of carbonyl (C=O) groups excluding carboxylic acids is 3. The van der Waals surface area contributed by atoms with E-state index in [1.54, 1.807) is 0 Å². The minimum Gasteiger partial charge on any atom is -0.465 e. The Morgan fingerprint density at radius 1 is 0.968 bits per heavy atom. The molecule has 1 N–H and O–H groups in total. The molecule has 7 heteroatoms. The van der Waals surface area contributed by atoms with E-state index in [4.69, 9.17) is 9.47 Å². The monoisotopic (exact) mass is 424 g/mol. The largest absolute Gasteiger partial charge is 0.465 e. The minimum absolute atomic E-state index is 0.117. The molecular formula is C24H28N2O5. The van der Waals surface area contributed by atoms with Gasteiger partial charge < -0.3 is 14.8 Å². The quantitative estimate of drug-likeness (QED) is 0.716. The molecule has 0 aliphatic carbocycles. The zero-order valence-corrected chi connectivity index (χ0v) is 18.1. The Bertz CT molecular complexity index is 930. The molecule has 1 heterocycles. The van der Waals surface area contributed by atoms with E-state index in [1.807, 2.05) is 12.1 Å². The Labute approximate surface area is 182 Å². The molecule has 0 radical (unpaired) electrons. The first-order valence-corrected chi connectivity index (χ1v) is 10.3. The highest BCUT2D eigenvalue weighted by atomic mass is 16.5. The lowest BCUT2D eigenvalue weighted by Gasteiger charge is -2.31. The zero-order chi connectivity index (χ0) is 22.4. The molecule has 0 saturated carbocycles. The SMILES string of the molecule is COC(=O)c1cc(NC(=O)C2CCN(Cc3ccccc3C)CC2)cc(C(=O)OC)c1. The van der Waals surface area contributed by atoms with Crippen LogP contribution in [0.2, 0.25) is 0 Å². The second kappa shape index (κ2) is 10.2. The highest BCUT2D eigenvalue weighted by Gasteiger charge is 2.26. The van der Waals surface area contributed by atoms with Gasteiger partial charge in [0.25, 0.3) is 0 Å². The predicted molar refractivity (Wildman–Crippen MR) is 117 cm³/mol. The van der Waals surface area contributed by atoms with Crippen molar-refractivity contribution in [2.75, 3.05) is 32.6 Å². The smallest absolute Gasteiger partial charge is 0.337 e. The summed E-state index contributed by atoms with van der Waals surface area (Å²) in [4.78, 5) is 39.1. The van der Waals surface area contributed by atoms with E-state index in [1.165, 1.54) is 43.5 Å². The lowest BCUT2D eigenvalue weighted by molar-refractivity contribution is -0.121. The van der Waals surface area contributed by atoms with Crippen molar-refractivity contribution in [3.63, 3.8) is 0 Å². The third-order valence-corrected chi connectivity index (χ3v) is 5.66. The van der Waals surface area contributed by atoms with E-state index in [2.05, 4.69) is 29.3 Å². The van der Waals surface area contributed by atoms with Gasteiger partial charge in [0.15, 0.2) is 0 Å². The minimum atomic E-state index is -0.592. The predicted octanol–water partition coefficient (Wildman–Crippen LogP) is 3.42. The number of anilines is 1. The number of ether oxygens (including phenoxy) is 2. The Balaban J connectivity index is 1.63. The van der Waals surface area contributed by atoms with Gasteiger partial charge in [0.2, 0.25) is 5.91 Å². The van der Waals surface area contributed by atoms with Gasteiger partial charge in [-0.2, -0.15) is 0 Å². The number of rotatable bonds is 6. The molecule has 0 aromatic heterocycles. The maximum atomic E-state index is 12.8. The first-order chi connectivity index (χ1) is 14.9. The number of aryl methyl sites for hydroxylation is 1. The molecule has 3 rings (SSSR count). The molecule has 1 fully saturated rings. The fourth-order valence-electron chi connectivity index (χ4n) is 3.80. The average molecular weight is 424 g/mol. The van der Waals surface area contributed by atoms with Crippen molar-refractivity contribution in [3.05, 3.63) is 64.7 Å². The second-order valence-electron chi connectivity index (χ2n) is 7.75. The summed E-state index contributed by atoms with van der Waals surface area (Å²) in [7, 11) is 2.52. The second-order valence-corrected chi connectivity index (χ2v) is 7.75. The molecule has 1 aliphatic heterocycles. The van der Waals surface area contributed by atoms with Gasteiger partial charge >= 0.3 is 11.9 Å². The maximum absolute atomic E-state index is 12.8. The number of hydrogen-bond donors (Lipinski definition) is 1. The number of amides is 1. The van der Waals surface area contributed by atoms with Crippen LogP contribution in [0.5, 0.6) is 0 Å². The highest BCUT2D eigenvalue weighted by Crippen LogP contribution is 2.23. The molecule has 7 nitrogen and oxygen atoms in total. The molecule has 31 heavy (non-hydrogen) atoms. The highest BCUT2D eigenvalue weighted by molar-refractivity contribution is 5.99. The number of benzene rings is 2. The van der Waals surface area contributed by atoms with Crippen LogP contribution in [0.15, 0.2) is 42.5 Å². The number of likely N-dealkylation sites (tertiary alicyclic amines) is 1. The number of methoxy groups -OCH3 is 2. The molecule has 0 spiro atoms. The van der Waals surface area contributed by atoms with Crippen LogP contribution in [0.1, 0.15) is 44.7 Å². The summed E-state index contributed by atoms with van der Waals surface area (Å²) >= 11 is 0. The Morgan fingerprint density at radius 2 is 1.55 bits per heavy atom. The lowest BCUT2D eigenvalue weighted by atomic mass is 9.95. The van der Waals surface area contributed by atoms with E-state index >= 15 is 0 Å². The van der Waals surface area contributed by atoms with Crippen LogP contribution < -0.4 is 5.32 Å². The zero-order valence-electron chi connectivity index (χ0n) is 18.1. The van der Waals surface area contributed by atoms with Crippen molar-refractivity contribution in [1.29, 1.82) is 0 Å². The van der Waals surface area contributed by atoms with E-state index in [0.717, 1.165) is 32.5 Å². The fourth-order valence-corrected chi connectivity index (χ4v) is 3.80. The molecule has 0 bridgehead atoms. The van der Waals surface area contributed by atoms with Crippen LogP contribution in [0, 0.1) is 12.8 Å². The Kier molecular flexibility index (Phi) is 7.41. The topological polar surface area (TPSA) is 84.9 Å². The first-order valence-electron chi connectivity index (χ1n) is 10.3. The molecule has 2 aromatic carbocycles. The van der Waals surface area contributed by atoms with Crippen molar-refractivity contribution in [2.24, 2.45) is 5.92 Å². The van der Waals surface area contributed by atoms with Crippen LogP contribution in [-0.2, 0) is 20.8 Å². The fraction of sp³-hybridized carbons (Fsp3) is 0.375. The van der Waals surface area contributed by atoms with Gasteiger partial charge in [-0.1, -0.05) is 24.3 Å². The van der Waals surface area contributed by atoms with Gasteiger partial charge in [0.05, 0.1) is 25.3 Å². The van der Waals surface area contributed by atoms with Crippen LogP contribution in [0.4, 0.5) is 5.69 Å². The molecule has 1 saturated heterocycles. The van der Waals surface area contributed by atoms with Crippen LogP contribution in [0.3, 0.4) is 0 Å². The number of carbonyl (C=O) groups is 3. The Morgan fingerprint density at radius 3 is 2.10 bits per heavy atom. The van der Waals surface area contributed by atoms with Crippen molar-refractivity contribution >= 4 is 23.5 Å². The summed E-state index contributed by atoms with van der Waals surface area (Å²) in [6, 6.07) is 12.7. The van der Waals surface area contributed by atoms with Gasteiger partial charge in [-0.3, -0.25) is 9.69 Å². The standard InChI is InChI=1S/C24H28N2O5/c1-16-6-4-5-7-18(16)15-26-10-8-17(9-11-26)22(27)25-21-13-19(23(28)30-2)12-20(14-21)24(29)31-3/h4-7,12-14,17H,8-11,15H2,1-3H3,(H,25,27). The van der Waals surface area contributed by atoms with Gasteiger partial charge in [-0.25, -0.2) is 9.59 Å². The molecule has 1 aliphatic rings. The molecule has 0 unspecified atom stereocenters. The average Bonchev–Trinajstić information content (AvgIpc) is 2.79. The normalized spacial score (nSPS) is 14.7. The van der Waals surface area contributed by atoms with Gasteiger partial charge in [0, 0.05) is 18.2 Å². The number of hydrogen-bond acceptors (Lipinski definition) is 6. The van der Waals surface area contributed by atoms with Crippen molar-refractivity contribution < 1.29 is 23.9 Å². The molecular weight excluding hydrogens is 396 g/mol. The maximum Gasteiger partial charge on any atom is 0.337 e. The van der Waals surface area contributed by atoms with E-state index in [9.17, 15) is 14.4 Å². The molecule has 0 atom stereocenters. The van der Waals surface area contributed by atoms with E-state index in [0.29, 0.717) is 5.69 Å². The summed E-state index contributed by atoms with van der Waals surface area (Å²) in [5.41, 5.74) is 3.30. The number of esters is 2. The summed E-state index contributed by atoms with van der Waals surface area (Å²) in [6.45, 7) is 4.66. The molecule has 1 amide bonds. The Hall–Kier alpha value is -3.19. The summed E-state index contributed by atoms with van der Waals surface area (Å²) in [5.74, 6) is -1.43. The summed E-state index contributed by atoms with van der Waals surface area (Å²) in [5, 5.41) is 2.85. The van der Waals surface area contributed by atoms with Gasteiger partial charge in [0.1, 0.15) is 0 Å². The van der Waals surface area contributed by atoms with Gasteiger partial charge in [-0.05, 0) is 62.2 Å². The van der Waals surface area contributed by atoms with Crippen LogP contribution >= 0.6 is 0 Å². The number of piperidine rings is 1. The van der Waals surface area contributed by atoms with Crippen molar-refractivity contribution in [2.45, 2.75) is 26.3 Å². The summed E-state index contributed by atoms with van der Waals surface area (Å²) < 4.78 is 9.48. The lowest BCUT2D eigenvalue weighted by Crippen LogP contribution is -2.37. The van der Waals surface area contributed by atoms with Gasteiger partial charge in [-0.15, -0.1) is 0 Å². The summed E-state index contributed by atoms with van der Waals surface area (Å²) in [6.07, 6.45) is 1.50. The number of nitrogens with one attached hydrogen (secondary N) is 1. The molecule has 2 aromatic rings. The van der Waals surface area contributed by atoms with Crippen molar-refractivity contribution in [3.8, 4) is 0 Å². The third kappa shape index (κ3) is 5.70. The van der Waals surface area contributed by atoms with Crippen molar-refractivity contribution in [1.82, 2.24) is 4.90 Å². The van der Waals surface area contributed by atoms with Crippen LogP contribution in [0.25, 0.3) is 0 Å².